The third kappa shape index (κ3) is 4.78. The zero-order chi connectivity index (χ0) is 17.7. The van der Waals surface area contributed by atoms with Crippen LogP contribution in [0.4, 0.5) is 5.69 Å². The Morgan fingerprint density at radius 2 is 2.00 bits per heavy atom. The first-order valence-electron chi connectivity index (χ1n) is 8.64. The van der Waals surface area contributed by atoms with E-state index in [4.69, 9.17) is 0 Å². The molecule has 134 valence electrons. The number of sulfonamides is 1. The normalized spacial score (nSPS) is 15.4. The lowest BCUT2D eigenvalue weighted by Crippen LogP contribution is -3.11. The molecule has 0 radical (unpaired) electrons. The minimum absolute atomic E-state index is 0.0974. The summed E-state index contributed by atoms with van der Waals surface area (Å²) < 4.78 is 27.8. The van der Waals surface area contributed by atoms with Crippen LogP contribution in [0.15, 0.2) is 23.1 Å². The van der Waals surface area contributed by atoms with Crippen LogP contribution < -0.4 is 14.9 Å². The van der Waals surface area contributed by atoms with Gasteiger partial charge in [0.2, 0.25) is 15.9 Å². The van der Waals surface area contributed by atoms with Crippen LogP contribution in [0.1, 0.15) is 39.2 Å². The Balaban J connectivity index is 1.93. The topological polar surface area (TPSA) is 79.7 Å². The van der Waals surface area contributed by atoms with Gasteiger partial charge in [0, 0.05) is 11.7 Å². The van der Waals surface area contributed by atoms with Crippen molar-refractivity contribution >= 4 is 21.6 Å². The van der Waals surface area contributed by atoms with Crippen LogP contribution in [-0.2, 0) is 21.2 Å². The van der Waals surface area contributed by atoms with Gasteiger partial charge in [-0.3, -0.25) is 4.79 Å². The Morgan fingerprint density at radius 3 is 2.67 bits per heavy atom. The molecule has 0 aromatic heterocycles. The molecule has 1 aromatic carbocycles. The summed E-state index contributed by atoms with van der Waals surface area (Å²) in [6, 6.07) is 4.67. The first-order valence-corrected chi connectivity index (χ1v) is 10.1. The Labute approximate surface area is 144 Å². The summed E-state index contributed by atoms with van der Waals surface area (Å²) in [6.45, 7) is 9.48. The van der Waals surface area contributed by atoms with E-state index in [0.717, 1.165) is 38.0 Å². The SMILES string of the molecule is CC[NH+](CC)CCC[C@@H](C)NS(=O)(=O)c1ccc2c(c1)CC(=O)N2. The molecule has 0 bridgehead atoms. The molecule has 0 spiro atoms. The molecule has 1 aliphatic heterocycles. The molecule has 24 heavy (non-hydrogen) atoms. The van der Waals surface area contributed by atoms with Gasteiger partial charge < -0.3 is 10.2 Å². The number of hydrogen-bond donors (Lipinski definition) is 3. The average molecular weight is 354 g/mol. The number of fused-ring (bicyclic) bond motifs is 1. The van der Waals surface area contributed by atoms with Crippen LogP contribution in [0.2, 0.25) is 0 Å². The van der Waals surface area contributed by atoms with Gasteiger partial charge in [-0.05, 0) is 57.4 Å². The quantitative estimate of drug-likeness (QED) is 0.606. The summed E-state index contributed by atoms with van der Waals surface area (Å²) >= 11 is 0. The van der Waals surface area contributed by atoms with Gasteiger partial charge in [-0.1, -0.05) is 0 Å². The first kappa shape index (κ1) is 18.9. The van der Waals surface area contributed by atoms with Crippen molar-refractivity contribution in [2.45, 2.75) is 51.0 Å². The number of benzene rings is 1. The van der Waals surface area contributed by atoms with Gasteiger partial charge in [-0.15, -0.1) is 0 Å². The van der Waals surface area contributed by atoms with E-state index in [1.54, 1.807) is 18.2 Å². The molecule has 3 N–H and O–H groups in total. The molecule has 0 saturated heterocycles. The number of hydrogen-bond acceptors (Lipinski definition) is 3. The fourth-order valence-electron chi connectivity index (χ4n) is 3.03. The van der Waals surface area contributed by atoms with E-state index in [0.29, 0.717) is 5.69 Å². The molecule has 0 fully saturated rings. The molecule has 1 heterocycles. The number of quaternary nitrogens is 1. The van der Waals surface area contributed by atoms with Crippen molar-refractivity contribution in [2.75, 3.05) is 25.0 Å². The number of rotatable bonds is 9. The van der Waals surface area contributed by atoms with Gasteiger partial charge >= 0.3 is 0 Å². The molecule has 1 atom stereocenters. The second-order valence-corrected chi connectivity index (χ2v) is 8.13. The fraction of sp³-hybridized carbons (Fsp3) is 0.588. The van der Waals surface area contributed by atoms with E-state index in [2.05, 4.69) is 23.9 Å². The lowest BCUT2D eigenvalue weighted by atomic mass is 10.2. The molecule has 1 aliphatic rings. The minimum Gasteiger partial charge on any atom is -0.335 e. The average Bonchev–Trinajstić information content (AvgIpc) is 2.90. The highest BCUT2D eigenvalue weighted by atomic mass is 32.2. The zero-order valence-electron chi connectivity index (χ0n) is 14.7. The second kappa shape index (κ2) is 8.09. The summed E-state index contributed by atoms with van der Waals surface area (Å²) in [7, 11) is -3.56. The smallest absolute Gasteiger partial charge is 0.240 e. The standard InChI is InChI=1S/C17H27N3O3S/c1-4-20(5-2)10-6-7-13(3)19-24(22,23)15-8-9-16-14(11-15)12-17(21)18-16/h8-9,11,13,19H,4-7,10,12H2,1-3H3,(H,18,21)/p+1/t13-/m1/s1. The van der Waals surface area contributed by atoms with Crippen molar-refractivity contribution in [2.24, 2.45) is 0 Å². The molecule has 0 saturated carbocycles. The second-order valence-electron chi connectivity index (χ2n) is 6.42. The summed E-state index contributed by atoms with van der Waals surface area (Å²) in [6.07, 6.45) is 2.04. The first-order chi connectivity index (χ1) is 11.4. The van der Waals surface area contributed by atoms with Crippen LogP contribution >= 0.6 is 0 Å². The van der Waals surface area contributed by atoms with Gasteiger partial charge in [0.05, 0.1) is 31.0 Å². The Kier molecular flexibility index (Phi) is 6.37. The summed E-state index contributed by atoms with van der Waals surface area (Å²) in [5.41, 5.74) is 1.44. The molecule has 7 heteroatoms. The summed E-state index contributed by atoms with van der Waals surface area (Å²) in [5.74, 6) is -0.0974. The Morgan fingerprint density at radius 1 is 1.29 bits per heavy atom. The highest BCUT2D eigenvalue weighted by Gasteiger charge is 2.23. The molecule has 1 aromatic rings. The van der Waals surface area contributed by atoms with E-state index >= 15 is 0 Å². The van der Waals surface area contributed by atoms with Crippen LogP contribution in [-0.4, -0.2) is 40.0 Å². The van der Waals surface area contributed by atoms with Crippen molar-refractivity contribution in [1.82, 2.24) is 4.72 Å². The highest BCUT2D eigenvalue weighted by molar-refractivity contribution is 7.89. The van der Waals surface area contributed by atoms with Gasteiger partial charge in [-0.25, -0.2) is 13.1 Å². The van der Waals surface area contributed by atoms with E-state index < -0.39 is 10.0 Å². The van der Waals surface area contributed by atoms with Crippen molar-refractivity contribution in [3.05, 3.63) is 23.8 Å². The van der Waals surface area contributed by atoms with E-state index in [9.17, 15) is 13.2 Å². The van der Waals surface area contributed by atoms with Crippen LogP contribution in [0, 0.1) is 0 Å². The predicted octanol–water partition coefficient (Wildman–Crippen LogP) is 0.553. The molecular formula is C17H28N3O3S+. The maximum absolute atomic E-state index is 12.5. The monoisotopic (exact) mass is 354 g/mol. The molecule has 6 nitrogen and oxygen atoms in total. The molecule has 0 unspecified atom stereocenters. The summed E-state index contributed by atoms with van der Waals surface area (Å²) in [5, 5.41) is 2.71. The van der Waals surface area contributed by atoms with Crippen molar-refractivity contribution in [3.63, 3.8) is 0 Å². The fourth-order valence-corrected chi connectivity index (χ4v) is 4.35. The van der Waals surface area contributed by atoms with Crippen LogP contribution in [0.5, 0.6) is 0 Å². The highest BCUT2D eigenvalue weighted by Crippen LogP contribution is 2.25. The third-order valence-electron chi connectivity index (χ3n) is 4.54. The maximum Gasteiger partial charge on any atom is 0.240 e. The number of carbonyl (C=O) groups is 1. The Bertz CT molecular complexity index is 684. The maximum atomic E-state index is 12.5. The van der Waals surface area contributed by atoms with E-state index in [1.807, 2.05) is 6.92 Å². The van der Waals surface area contributed by atoms with E-state index in [1.165, 1.54) is 4.90 Å². The van der Waals surface area contributed by atoms with Crippen molar-refractivity contribution in [1.29, 1.82) is 0 Å². The molecule has 1 amide bonds. The lowest BCUT2D eigenvalue weighted by Gasteiger charge is -2.18. The minimum atomic E-state index is -3.56. The van der Waals surface area contributed by atoms with Crippen molar-refractivity contribution < 1.29 is 18.1 Å². The largest absolute Gasteiger partial charge is 0.335 e. The Hall–Kier alpha value is -1.44. The number of carbonyl (C=O) groups excluding carboxylic acids is 1. The zero-order valence-corrected chi connectivity index (χ0v) is 15.5. The van der Waals surface area contributed by atoms with Gasteiger partial charge in [0.15, 0.2) is 0 Å². The number of anilines is 1. The van der Waals surface area contributed by atoms with E-state index in [-0.39, 0.29) is 23.3 Å². The number of amides is 1. The predicted molar refractivity (Wildman–Crippen MR) is 94.7 cm³/mol. The van der Waals surface area contributed by atoms with Gasteiger partial charge in [-0.2, -0.15) is 0 Å². The number of nitrogens with one attached hydrogen (secondary N) is 3. The van der Waals surface area contributed by atoms with Gasteiger partial charge in [0.1, 0.15) is 0 Å². The van der Waals surface area contributed by atoms with Gasteiger partial charge in [0.25, 0.3) is 0 Å². The summed E-state index contributed by atoms with van der Waals surface area (Å²) in [4.78, 5) is 13.1. The third-order valence-corrected chi connectivity index (χ3v) is 6.12. The van der Waals surface area contributed by atoms with Crippen molar-refractivity contribution in [3.8, 4) is 0 Å². The molecule has 2 rings (SSSR count). The van der Waals surface area contributed by atoms with Crippen LogP contribution in [0.25, 0.3) is 0 Å². The van der Waals surface area contributed by atoms with Crippen LogP contribution in [0.3, 0.4) is 0 Å². The molecule has 0 aliphatic carbocycles. The lowest BCUT2D eigenvalue weighted by molar-refractivity contribution is -0.896. The molecular weight excluding hydrogens is 326 g/mol.